The third-order valence-corrected chi connectivity index (χ3v) is 4.02. The van der Waals surface area contributed by atoms with Gasteiger partial charge in [-0.3, -0.25) is 4.79 Å². The molecule has 1 saturated heterocycles. The summed E-state index contributed by atoms with van der Waals surface area (Å²) < 4.78 is 5.39. The van der Waals surface area contributed by atoms with Gasteiger partial charge in [0.05, 0.1) is 30.0 Å². The van der Waals surface area contributed by atoms with Crippen LogP contribution in [-0.2, 0) is 9.53 Å². The summed E-state index contributed by atoms with van der Waals surface area (Å²) in [6, 6.07) is 5.86. The van der Waals surface area contributed by atoms with Gasteiger partial charge in [-0.1, -0.05) is 12.1 Å². The lowest BCUT2D eigenvalue weighted by atomic mass is 10.0. The lowest BCUT2D eigenvalue weighted by Crippen LogP contribution is -2.59. The molecule has 0 radical (unpaired) electrons. The third-order valence-electron chi connectivity index (χ3n) is 4.02. The van der Waals surface area contributed by atoms with Crippen LogP contribution < -0.4 is 5.32 Å². The number of likely N-dealkylation sites (N-methyl/N-ethyl adjacent to an activating group) is 1. The van der Waals surface area contributed by atoms with Crippen molar-refractivity contribution in [2.45, 2.75) is 19.4 Å². The number of urea groups is 1. The summed E-state index contributed by atoms with van der Waals surface area (Å²) in [7, 11) is 1.54. The van der Waals surface area contributed by atoms with E-state index in [0.29, 0.717) is 19.8 Å². The van der Waals surface area contributed by atoms with Crippen molar-refractivity contribution in [1.82, 2.24) is 9.80 Å². The minimum atomic E-state index is -1.13. The Morgan fingerprint density at radius 1 is 1.32 bits per heavy atom. The van der Waals surface area contributed by atoms with Crippen LogP contribution in [0, 0.1) is 0 Å². The van der Waals surface area contributed by atoms with Crippen LogP contribution in [0.15, 0.2) is 24.3 Å². The van der Waals surface area contributed by atoms with Gasteiger partial charge in [-0.2, -0.15) is 0 Å². The summed E-state index contributed by atoms with van der Waals surface area (Å²) in [5.74, 6) is -1.59. The van der Waals surface area contributed by atoms with Gasteiger partial charge in [0.15, 0.2) is 0 Å². The molecular weight excluding hydrogens is 326 g/mol. The molecule has 136 valence electrons. The van der Waals surface area contributed by atoms with E-state index < -0.39 is 17.4 Å². The van der Waals surface area contributed by atoms with E-state index in [1.165, 1.54) is 24.1 Å². The van der Waals surface area contributed by atoms with Crippen LogP contribution in [0.1, 0.15) is 24.2 Å². The molecule has 1 heterocycles. The number of benzene rings is 1. The maximum atomic E-state index is 12.6. The fourth-order valence-corrected chi connectivity index (χ4v) is 2.67. The SMILES string of the molecule is CN(CC(=O)Nc1ccccc1C(=O)O)C(=O)N1CCOCC1(C)C. The van der Waals surface area contributed by atoms with Crippen LogP contribution in [0.2, 0.25) is 0 Å². The van der Waals surface area contributed by atoms with Gasteiger partial charge >= 0.3 is 12.0 Å². The van der Waals surface area contributed by atoms with Gasteiger partial charge < -0.3 is 25.0 Å². The van der Waals surface area contributed by atoms with E-state index >= 15 is 0 Å². The molecule has 25 heavy (non-hydrogen) atoms. The molecule has 0 bridgehead atoms. The quantitative estimate of drug-likeness (QED) is 0.858. The molecule has 0 unspecified atom stereocenters. The number of carboxylic acids is 1. The smallest absolute Gasteiger partial charge is 0.337 e. The number of hydrogen-bond acceptors (Lipinski definition) is 4. The Hall–Kier alpha value is -2.61. The van der Waals surface area contributed by atoms with E-state index in [4.69, 9.17) is 9.84 Å². The molecule has 8 nitrogen and oxygen atoms in total. The second-order valence-electron chi connectivity index (χ2n) is 6.55. The van der Waals surface area contributed by atoms with Gasteiger partial charge in [-0.25, -0.2) is 9.59 Å². The zero-order valence-electron chi connectivity index (χ0n) is 14.6. The third kappa shape index (κ3) is 4.48. The molecule has 0 aliphatic carbocycles. The first-order chi connectivity index (χ1) is 11.7. The van der Waals surface area contributed by atoms with Crippen LogP contribution in [0.4, 0.5) is 10.5 Å². The van der Waals surface area contributed by atoms with Crippen molar-refractivity contribution in [1.29, 1.82) is 0 Å². The first kappa shape index (κ1) is 18.7. The van der Waals surface area contributed by atoms with Gasteiger partial charge in [0.2, 0.25) is 5.91 Å². The number of nitrogens with zero attached hydrogens (tertiary/aromatic N) is 2. The van der Waals surface area contributed by atoms with E-state index in [9.17, 15) is 14.4 Å². The van der Waals surface area contributed by atoms with E-state index in [2.05, 4.69) is 5.32 Å². The Labute approximate surface area is 146 Å². The zero-order valence-corrected chi connectivity index (χ0v) is 14.6. The topological polar surface area (TPSA) is 99.2 Å². The summed E-state index contributed by atoms with van der Waals surface area (Å²) in [5.41, 5.74) is -0.248. The molecule has 1 aromatic carbocycles. The molecule has 0 aromatic heterocycles. The number of morpholine rings is 1. The number of amides is 3. The molecule has 1 aliphatic rings. The molecule has 3 amide bonds. The van der Waals surface area contributed by atoms with Gasteiger partial charge in [-0.05, 0) is 26.0 Å². The van der Waals surface area contributed by atoms with Crippen LogP contribution in [-0.4, -0.2) is 71.7 Å². The first-order valence-corrected chi connectivity index (χ1v) is 7.95. The van der Waals surface area contributed by atoms with Gasteiger partial charge in [0.25, 0.3) is 0 Å². The number of aromatic carboxylic acids is 1. The maximum absolute atomic E-state index is 12.6. The van der Waals surface area contributed by atoms with E-state index in [-0.39, 0.29) is 23.8 Å². The molecule has 8 heteroatoms. The Bertz CT molecular complexity index is 674. The maximum Gasteiger partial charge on any atom is 0.337 e. The minimum absolute atomic E-state index is 0.000794. The largest absolute Gasteiger partial charge is 0.478 e. The molecule has 0 saturated carbocycles. The van der Waals surface area contributed by atoms with Gasteiger partial charge in [-0.15, -0.1) is 0 Å². The van der Waals surface area contributed by atoms with Gasteiger partial charge in [0, 0.05) is 13.6 Å². The van der Waals surface area contributed by atoms with Crippen molar-refractivity contribution < 1.29 is 24.2 Å². The number of anilines is 1. The highest BCUT2D eigenvalue weighted by atomic mass is 16.5. The number of para-hydroxylation sites is 1. The van der Waals surface area contributed by atoms with Crippen molar-refractivity contribution in [3.8, 4) is 0 Å². The van der Waals surface area contributed by atoms with Crippen LogP contribution in [0.5, 0.6) is 0 Å². The predicted molar refractivity (Wildman–Crippen MR) is 91.7 cm³/mol. The summed E-state index contributed by atoms with van der Waals surface area (Å²) in [6.45, 7) is 4.98. The molecule has 2 N–H and O–H groups in total. The standard InChI is InChI=1S/C17H23N3O5/c1-17(2)11-25-9-8-20(17)16(24)19(3)10-14(21)18-13-7-5-4-6-12(13)15(22)23/h4-7H,8-11H2,1-3H3,(H,18,21)(H,22,23). The van der Waals surface area contributed by atoms with E-state index in [0.717, 1.165) is 0 Å². The first-order valence-electron chi connectivity index (χ1n) is 7.95. The van der Waals surface area contributed by atoms with Crippen molar-refractivity contribution >= 4 is 23.6 Å². The number of carbonyl (C=O) groups excluding carboxylic acids is 2. The molecule has 1 aromatic rings. The Morgan fingerprint density at radius 3 is 2.64 bits per heavy atom. The number of ether oxygens (including phenoxy) is 1. The van der Waals surface area contributed by atoms with Crippen LogP contribution in [0.3, 0.4) is 0 Å². The van der Waals surface area contributed by atoms with Crippen LogP contribution in [0.25, 0.3) is 0 Å². The second-order valence-corrected chi connectivity index (χ2v) is 6.55. The monoisotopic (exact) mass is 349 g/mol. The molecule has 1 aliphatic heterocycles. The van der Waals surface area contributed by atoms with Gasteiger partial charge in [0.1, 0.15) is 6.54 Å². The zero-order chi connectivity index (χ0) is 18.6. The Kier molecular flexibility index (Phi) is 5.63. The average Bonchev–Trinajstić information content (AvgIpc) is 2.54. The average molecular weight is 349 g/mol. The number of carboxylic acid groups (broad SMARTS) is 1. The number of rotatable bonds is 4. The summed E-state index contributed by atoms with van der Waals surface area (Å²) in [4.78, 5) is 39.0. The van der Waals surface area contributed by atoms with E-state index in [1.807, 2.05) is 13.8 Å². The van der Waals surface area contributed by atoms with Crippen molar-refractivity contribution in [2.75, 3.05) is 38.7 Å². The summed E-state index contributed by atoms with van der Waals surface area (Å²) in [6.07, 6.45) is 0. The minimum Gasteiger partial charge on any atom is -0.478 e. The fraction of sp³-hybridized carbons (Fsp3) is 0.471. The molecule has 0 atom stereocenters. The van der Waals surface area contributed by atoms with Crippen LogP contribution >= 0.6 is 0 Å². The summed E-state index contributed by atoms with van der Waals surface area (Å²) >= 11 is 0. The normalized spacial score (nSPS) is 16.2. The highest BCUT2D eigenvalue weighted by Gasteiger charge is 2.35. The predicted octanol–water partition coefficient (Wildman–Crippen LogP) is 1.49. The second kappa shape index (κ2) is 7.52. The molecule has 0 spiro atoms. The summed E-state index contributed by atoms with van der Waals surface area (Å²) in [5, 5.41) is 11.7. The molecule has 2 rings (SSSR count). The van der Waals surface area contributed by atoms with Crippen molar-refractivity contribution in [2.24, 2.45) is 0 Å². The molecule has 1 fully saturated rings. The number of carbonyl (C=O) groups is 3. The lowest BCUT2D eigenvalue weighted by Gasteiger charge is -2.43. The Balaban J connectivity index is 2.00. The Morgan fingerprint density at radius 2 is 2.00 bits per heavy atom. The van der Waals surface area contributed by atoms with Crippen molar-refractivity contribution in [3.63, 3.8) is 0 Å². The number of hydrogen-bond donors (Lipinski definition) is 2. The van der Waals surface area contributed by atoms with E-state index in [1.54, 1.807) is 17.0 Å². The molecular formula is C17H23N3O5. The lowest BCUT2D eigenvalue weighted by molar-refractivity contribution is -0.116. The van der Waals surface area contributed by atoms with Crippen molar-refractivity contribution in [3.05, 3.63) is 29.8 Å². The highest BCUT2D eigenvalue weighted by Crippen LogP contribution is 2.20. The highest BCUT2D eigenvalue weighted by molar-refractivity contribution is 6.01. The fourth-order valence-electron chi connectivity index (χ4n) is 2.67. The number of nitrogens with one attached hydrogen (secondary N) is 1.